The minimum Gasteiger partial charge on any atom is -0.353 e. The molecule has 1 amide bonds. The van der Waals surface area contributed by atoms with Gasteiger partial charge >= 0.3 is 0 Å². The molecular formula is C25H25N3O3S2. The molecule has 0 aliphatic carbocycles. The van der Waals surface area contributed by atoms with Gasteiger partial charge < -0.3 is 5.32 Å². The van der Waals surface area contributed by atoms with Crippen molar-refractivity contribution in [1.29, 1.82) is 5.26 Å². The number of fused-ring (bicyclic) bond motifs is 1. The average Bonchev–Trinajstić information content (AvgIpc) is 2.84. The van der Waals surface area contributed by atoms with Crippen LogP contribution in [-0.2, 0) is 21.2 Å². The number of hydrogen-bond donors (Lipinski definition) is 1. The van der Waals surface area contributed by atoms with Crippen LogP contribution in [0, 0.1) is 11.3 Å². The summed E-state index contributed by atoms with van der Waals surface area (Å²) in [6, 6.07) is 21.6. The highest BCUT2D eigenvalue weighted by Gasteiger charge is 2.38. The van der Waals surface area contributed by atoms with Crippen molar-refractivity contribution in [2.75, 3.05) is 24.6 Å². The van der Waals surface area contributed by atoms with Gasteiger partial charge in [0.25, 0.3) is 0 Å². The Hall–Kier alpha value is -2.86. The van der Waals surface area contributed by atoms with Crippen molar-refractivity contribution < 1.29 is 13.2 Å². The van der Waals surface area contributed by atoms with Crippen LogP contribution in [0.3, 0.4) is 0 Å². The summed E-state index contributed by atoms with van der Waals surface area (Å²) < 4.78 is 28.2. The van der Waals surface area contributed by atoms with Crippen LogP contribution in [0.1, 0.15) is 17.5 Å². The lowest BCUT2D eigenvalue weighted by Crippen LogP contribution is -2.58. The van der Waals surface area contributed by atoms with Crippen LogP contribution in [0.5, 0.6) is 0 Å². The minimum atomic E-state index is -3.80. The number of rotatable bonds is 8. The number of nitrogens with zero attached hydrogens (tertiary/aromatic N) is 2. The maximum atomic E-state index is 13.4. The van der Waals surface area contributed by atoms with Gasteiger partial charge in [0.2, 0.25) is 15.9 Å². The van der Waals surface area contributed by atoms with Crippen LogP contribution in [0.2, 0.25) is 0 Å². The van der Waals surface area contributed by atoms with E-state index in [1.54, 1.807) is 30.0 Å². The lowest BCUT2D eigenvalue weighted by molar-refractivity contribution is -0.125. The Bertz CT molecular complexity index is 1280. The minimum absolute atomic E-state index is 0.215. The fraction of sp³-hybridized carbons (Fsp3) is 0.280. The summed E-state index contributed by atoms with van der Waals surface area (Å²) in [5.41, 5.74) is 1.80. The molecule has 170 valence electrons. The lowest BCUT2D eigenvalue weighted by atomic mass is 10.1. The summed E-state index contributed by atoms with van der Waals surface area (Å²) >= 11 is 1.59. The smallest absolute Gasteiger partial charge is 0.243 e. The van der Waals surface area contributed by atoms with Gasteiger partial charge in [-0.2, -0.15) is 21.3 Å². The molecule has 33 heavy (non-hydrogen) atoms. The van der Waals surface area contributed by atoms with Crippen molar-refractivity contribution in [2.45, 2.75) is 23.8 Å². The quantitative estimate of drug-likeness (QED) is 0.499. The number of carbonyl (C=O) groups excluding carboxylic acids is 1. The Kier molecular flexibility index (Phi) is 7.33. The molecule has 0 spiro atoms. The lowest BCUT2D eigenvalue weighted by Gasteiger charge is -2.34. The fourth-order valence-electron chi connectivity index (χ4n) is 3.92. The molecule has 1 heterocycles. The van der Waals surface area contributed by atoms with Gasteiger partial charge in [-0.3, -0.25) is 4.79 Å². The maximum Gasteiger partial charge on any atom is 0.243 e. The van der Waals surface area contributed by atoms with Crippen molar-refractivity contribution in [2.24, 2.45) is 0 Å². The summed E-state index contributed by atoms with van der Waals surface area (Å²) in [5, 5.41) is 13.5. The summed E-state index contributed by atoms with van der Waals surface area (Å²) in [7, 11) is -3.80. The van der Waals surface area contributed by atoms with E-state index in [-0.39, 0.29) is 17.3 Å². The number of nitrogens with one attached hydrogen (secondary N) is 1. The van der Waals surface area contributed by atoms with E-state index in [4.69, 9.17) is 5.26 Å². The highest BCUT2D eigenvalue weighted by Crippen LogP contribution is 2.25. The van der Waals surface area contributed by atoms with E-state index in [9.17, 15) is 13.2 Å². The molecule has 0 saturated carbocycles. The molecule has 0 bridgehead atoms. The zero-order valence-corrected chi connectivity index (χ0v) is 19.7. The van der Waals surface area contributed by atoms with E-state index >= 15 is 0 Å². The molecular weight excluding hydrogens is 454 g/mol. The van der Waals surface area contributed by atoms with Gasteiger partial charge in [-0.25, -0.2) is 8.42 Å². The third-order valence-electron chi connectivity index (χ3n) is 5.72. The number of thioether (sulfide) groups is 1. The highest BCUT2D eigenvalue weighted by atomic mass is 32.2. The number of carbonyl (C=O) groups is 1. The molecule has 1 fully saturated rings. The number of nitriles is 1. The number of piperazine rings is 1. The van der Waals surface area contributed by atoms with E-state index < -0.39 is 16.1 Å². The third kappa shape index (κ3) is 5.38. The molecule has 1 atom stereocenters. The molecule has 3 aromatic carbocycles. The van der Waals surface area contributed by atoms with Gasteiger partial charge in [0, 0.05) is 18.8 Å². The van der Waals surface area contributed by atoms with Crippen molar-refractivity contribution in [1.82, 2.24) is 9.62 Å². The first-order valence-electron chi connectivity index (χ1n) is 10.8. The normalized spacial score (nSPS) is 16.9. The van der Waals surface area contributed by atoms with Gasteiger partial charge in [-0.05, 0) is 59.2 Å². The van der Waals surface area contributed by atoms with Gasteiger partial charge in [0.1, 0.15) is 6.04 Å². The number of aryl methyl sites for hydroxylation is 1. The first-order valence-corrected chi connectivity index (χ1v) is 13.4. The van der Waals surface area contributed by atoms with Crippen LogP contribution >= 0.6 is 11.8 Å². The van der Waals surface area contributed by atoms with Crippen LogP contribution in [0.4, 0.5) is 0 Å². The Morgan fingerprint density at radius 2 is 1.82 bits per heavy atom. The summed E-state index contributed by atoms with van der Waals surface area (Å²) in [6.45, 7) is 0.572. The second-order valence-electron chi connectivity index (χ2n) is 7.92. The Morgan fingerprint density at radius 1 is 1.06 bits per heavy atom. The van der Waals surface area contributed by atoms with Crippen molar-refractivity contribution in [3.63, 3.8) is 0 Å². The van der Waals surface area contributed by atoms with E-state index in [1.807, 2.05) is 48.5 Å². The number of sulfonamides is 1. The zero-order valence-electron chi connectivity index (χ0n) is 18.1. The largest absolute Gasteiger partial charge is 0.353 e. The van der Waals surface area contributed by atoms with Gasteiger partial charge in [0.15, 0.2) is 0 Å². The van der Waals surface area contributed by atoms with Crippen molar-refractivity contribution in [3.8, 4) is 6.07 Å². The van der Waals surface area contributed by atoms with Crippen molar-refractivity contribution in [3.05, 3.63) is 77.9 Å². The zero-order chi connectivity index (χ0) is 23.3. The number of hydrogen-bond acceptors (Lipinski definition) is 5. The Balaban J connectivity index is 1.40. The molecule has 0 aromatic heterocycles. The molecule has 0 unspecified atom stereocenters. The molecule has 3 aromatic rings. The first kappa shape index (κ1) is 23.3. The van der Waals surface area contributed by atoms with Crippen LogP contribution in [-0.4, -0.2) is 49.3 Å². The molecule has 1 saturated heterocycles. The molecule has 1 aliphatic rings. The molecule has 1 N–H and O–H groups in total. The predicted molar refractivity (Wildman–Crippen MR) is 131 cm³/mol. The second-order valence-corrected chi connectivity index (χ2v) is 11.0. The average molecular weight is 480 g/mol. The number of amides is 1. The summed E-state index contributed by atoms with van der Waals surface area (Å²) in [6.07, 6.45) is 1.77. The van der Waals surface area contributed by atoms with Crippen LogP contribution < -0.4 is 5.32 Å². The molecule has 1 aliphatic heterocycles. The highest BCUT2D eigenvalue weighted by molar-refractivity contribution is 7.99. The maximum absolute atomic E-state index is 13.4. The third-order valence-corrected chi connectivity index (χ3v) is 8.76. The van der Waals surface area contributed by atoms with E-state index in [0.717, 1.165) is 34.9 Å². The van der Waals surface area contributed by atoms with Gasteiger partial charge in [0.05, 0.1) is 16.5 Å². The van der Waals surface area contributed by atoms with Crippen LogP contribution in [0.25, 0.3) is 10.8 Å². The first-order chi connectivity index (χ1) is 16.0. The second kappa shape index (κ2) is 10.4. The standard InChI is InChI=1S/C25H25N3O3S2/c26-17-20-9-7-19(8-10-20)4-3-15-32-18-24-25(29)27-13-14-28(24)33(30,31)23-12-11-21-5-1-2-6-22(21)16-23/h1-2,5-12,16,24H,3-4,13-15,18H2,(H,27,29)/t24-/m1/s1. The number of benzene rings is 3. The molecule has 0 radical (unpaired) electrons. The fourth-order valence-corrected chi connectivity index (χ4v) is 6.71. The molecule has 6 nitrogen and oxygen atoms in total. The van der Waals surface area contributed by atoms with E-state index in [1.165, 1.54) is 4.31 Å². The predicted octanol–water partition coefficient (Wildman–Crippen LogP) is 3.57. The molecule has 4 rings (SSSR count). The van der Waals surface area contributed by atoms with Crippen LogP contribution in [0.15, 0.2) is 71.6 Å². The molecule has 8 heteroatoms. The van der Waals surface area contributed by atoms with Gasteiger partial charge in [-0.1, -0.05) is 42.5 Å². The SMILES string of the molecule is N#Cc1ccc(CCCSC[C@@H]2C(=O)NCCN2S(=O)(=O)c2ccc3ccccc3c2)cc1. The van der Waals surface area contributed by atoms with Crippen molar-refractivity contribution >= 4 is 38.5 Å². The van der Waals surface area contributed by atoms with E-state index in [0.29, 0.717) is 17.9 Å². The topological polar surface area (TPSA) is 90.3 Å². The van der Waals surface area contributed by atoms with Gasteiger partial charge in [-0.15, -0.1) is 0 Å². The Morgan fingerprint density at radius 3 is 2.58 bits per heavy atom. The monoisotopic (exact) mass is 479 g/mol. The van der Waals surface area contributed by atoms with E-state index in [2.05, 4.69) is 11.4 Å². The Labute approximate surface area is 198 Å². The summed E-state index contributed by atoms with van der Waals surface area (Å²) in [5.74, 6) is 0.977. The summed E-state index contributed by atoms with van der Waals surface area (Å²) in [4.78, 5) is 12.8.